The van der Waals surface area contributed by atoms with Crippen LogP contribution >= 0.6 is 0 Å². The predicted molar refractivity (Wildman–Crippen MR) is 103 cm³/mol. The summed E-state index contributed by atoms with van der Waals surface area (Å²) in [6.07, 6.45) is -1.88. The van der Waals surface area contributed by atoms with Crippen LogP contribution in [0.5, 0.6) is 0 Å². The van der Waals surface area contributed by atoms with Gasteiger partial charge >= 0.3 is 6.30 Å². The fourth-order valence-electron chi connectivity index (χ4n) is 2.93. The Bertz CT molecular complexity index is 885. The molecule has 0 radical (unpaired) electrons. The highest BCUT2D eigenvalue weighted by atomic mass is 19.4. The molecule has 1 atom stereocenters. The van der Waals surface area contributed by atoms with Crippen LogP contribution in [0.2, 0.25) is 0 Å². The molecule has 154 valence electrons. The van der Waals surface area contributed by atoms with E-state index in [1.54, 1.807) is 30.3 Å². The SMILES string of the molecule is CC(C)N(C)c1ccc(NC(=O)C2(c3ccccc3)OC=CN2C(F)(F)F)cn1. The van der Waals surface area contributed by atoms with E-state index in [1.807, 2.05) is 25.8 Å². The first-order valence-electron chi connectivity index (χ1n) is 8.93. The molecule has 1 aliphatic rings. The first-order chi connectivity index (χ1) is 13.7. The second kappa shape index (κ2) is 7.65. The maximum Gasteiger partial charge on any atom is 0.488 e. The van der Waals surface area contributed by atoms with Gasteiger partial charge in [-0.25, -0.2) is 9.88 Å². The zero-order chi connectivity index (χ0) is 21.2. The first kappa shape index (κ1) is 20.5. The highest BCUT2D eigenvalue weighted by Gasteiger charge is 2.59. The molecule has 1 aliphatic heterocycles. The van der Waals surface area contributed by atoms with E-state index >= 15 is 0 Å². The van der Waals surface area contributed by atoms with Crippen LogP contribution in [-0.4, -0.2) is 35.2 Å². The summed E-state index contributed by atoms with van der Waals surface area (Å²) in [7, 11) is 1.87. The number of aromatic nitrogens is 1. The van der Waals surface area contributed by atoms with Gasteiger partial charge in [-0.2, -0.15) is 0 Å². The maximum atomic E-state index is 13.7. The van der Waals surface area contributed by atoms with Crippen molar-refractivity contribution in [3.8, 4) is 0 Å². The Morgan fingerprint density at radius 1 is 1.21 bits per heavy atom. The lowest BCUT2D eigenvalue weighted by molar-refractivity contribution is -0.281. The molecule has 0 aliphatic carbocycles. The number of pyridine rings is 1. The fourth-order valence-corrected chi connectivity index (χ4v) is 2.93. The average molecular weight is 406 g/mol. The minimum atomic E-state index is -4.83. The van der Waals surface area contributed by atoms with E-state index < -0.39 is 17.9 Å². The van der Waals surface area contributed by atoms with Gasteiger partial charge in [0.15, 0.2) is 0 Å². The van der Waals surface area contributed by atoms with E-state index in [0.717, 1.165) is 6.26 Å². The molecule has 0 saturated heterocycles. The second-order valence-corrected chi connectivity index (χ2v) is 6.81. The summed E-state index contributed by atoms with van der Waals surface area (Å²) in [5.41, 5.74) is -2.11. The molecule has 1 aromatic carbocycles. The lowest BCUT2D eigenvalue weighted by atomic mass is 10.0. The van der Waals surface area contributed by atoms with Gasteiger partial charge in [0.1, 0.15) is 12.1 Å². The lowest BCUT2D eigenvalue weighted by Crippen LogP contribution is -2.55. The van der Waals surface area contributed by atoms with Crippen molar-refractivity contribution in [2.45, 2.75) is 31.9 Å². The first-order valence-corrected chi connectivity index (χ1v) is 8.93. The van der Waals surface area contributed by atoms with Gasteiger partial charge in [-0.1, -0.05) is 30.3 Å². The number of nitrogens with zero attached hydrogens (tertiary/aromatic N) is 3. The Balaban J connectivity index is 1.93. The Morgan fingerprint density at radius 2 is 1.90 bits per heavy atom. The number of nitrogens with one attached hydrogen (secondary N) is 1. The molecule has 1 unspecified atom stereocenters. The molecule has 3 rings (SSSR count). The summed E-state index contributed by atoms with van der Waals surface area (Å²) < 4.78 is 46.2. The summed E-state index contributed by atoms with van der Waals surface area (Å²) >= 11 is 0. The van der Waals surface area contributed by atoms with Gasteiger partial charge in [-0.05, 0) is 26.0 Å². The Kier molecular flexibility index (Phi) is 5.41. The third-order valence-corrected chi connectivity index (χ3v) is 4.68. The number of hydrogen-bond donors (Lipinski definition) is 1. The minimum Gasteiger partial charge on any atom is -0.460 e. The topological polar surface area (TPSA) is 57.7 Å². The molecule has 6 nitrogen and oxygen atoms in total. The van der Waals surface area contributed by atoms with Crippen LogP contribution in [0.1, 0.15) is 19.4 Å². The standard InChI is InChI=1S/C20H21F3N4O2/c1-14(2)26(3)17-10-9-16(13-24-17)25-18(28)19(15-7-5-4-6-8-15)27(11-12-29-19)20(21,22)23/h4-14H,1-3H3,(H,25,28). The van der Waals surface area contributed by atoms with E-state index in [9.17, 15) is 18.0 Å². The number of anilines is 2. The van der Waals surface area contributed by atoms with Crippen LogP contribution in [0.25, 0.3) is 0 Å². The van der Waals surface area contributed by atoms with Gasteiger partial charge in [0, 0.05) is 24.9 Å². The molecular formula is C20H21F3N4O2. The summed E-state index contributed by atoms with van der Waals surface area (Å²) in [4.78, 5) is 19.2. The van der Waals surface area contributed by atoms with Crippen LogP contribution in [-0.2, 0) is 15.3 Å². The zero-order valence-electron chi connectivity index (χ0n) is 16.1. The normalized spacial score (nSPS) is 18.7. The van der Waals surface area contributed by atoms with Crippen molar-refractivity contribution in [3.63, 3.8) is 0 Å². The third-order valence-electron chi connectivity index (χ3n) is 4.68. The number of amides is 1. The van der Waals surface area contributed by atoms with Crippen molar-refractivity contribution < 1.29 is 22.7 Å². The molecule has 9 heteroatoms. The van der Waals surface area contributed by atoms with E-state index in [2.05, 4.69) is 10.3 Å². The molecular weight excluding hydrogens is 385 g/mol. The highest BCUT2D eigenvalue weighted by Crippen LogP contribution is 2.43. The number of benzene rings is 1. The van der Waals surface area contributed by atoms with Gasteiger partial charge in [0.25, 0.3) is 11.6 Å². The Labute approximate surface area is 166 Å². The molecule has 1 N–H and O–H groups in total. The summed E-state index contributed by atoms with van der Waals surface area (Å²) in [5, 5.41) is 2.49. The van der Waals surface area contributed by atoms with Crippen molar-refractivity contribution in [2.24, 2.45) is 0 Å². The van der Waals surface area contributed by atoms with Crippen molar-refractivity contribution in [2.75, 3.05) is 17.3 Å². The number of carbonyl (C=O) groups is 1. The smallest absolute Gasteiger partial charge is 0.460 e. The number of rotatable bonds is 5. The predicted octanol–water partition coefficient (Wildman–Crippen LogP) is 4.04. The van der Waals surface area contributed by atoms with Crippen molar-refractivity contribution in [1.82, 2.24) is 9.88 Å². The summed E-state index contributed by atoms with van der Waals surface area (Å²) in [6.45, 7) is 3.99. The van der Waals surface area contributed by atoms with Gasteiger partial charge in [-0.3, -0.25) is 4.79 Å². The van der Waals surface area contributed by atoms with Crippen LogP contribution < -0.4 is 10.2 Å². The van der Waals surface area contributed by atoms with Gasteiger partial charge in [0.05, 0.1) is 11.9 Å². The molecule has 1 aromatic heterocycles. The molecule has 1 amide bonds. The maximum absolute atomic E-state index is 13.7. The summed E-state index contributed by atoms with van der Waals surface area (Å²) in [6, 6.07) is 11.0. The average Bonchev–Trinajstić information content (AvgIpc) is 3.15. The van der Waals surface area contributed by atoms with E-state index in [1.165, 1.54) is 18.3 Å². The van der Waals surface area contributed by atoms with Crippen molar-refractivity contribution >= 4 is 17.4 Å². The fraction of sp³-hybridized carbons (Fsp3) is 0.300. The van der Waals surface area contributed by atoms with Crippen molar-refractivity contribution in [1.29, 1.82) is 0 Å². The van der Waals surface area contributed by atoms with Gasteiger partial charge < -0.3 is 15.0 Å². The molecule has 2 heterocycles. The summed E-state index contributed by atoms with van der Waals surface area (Å²) in [5.74, 6) is -0.315. The molecule has 0 fully saturated rings. The monoisotopic (exact) mass is 406 g/mol. The zero-order valence-corrected chi connectivity index (χ0v) is 16.1. The lowest BCUT2D eigenvalue weighted by Gasteiger charge is -2.37. The molecule has 0 bridgehead atoms. The van der Waals surface area contributed by atoms with E-state index in [0.29, 0.717) is 12.0 Å². The molecule has 29 heavy (non-hydrogen) atoms. The largest absolute Gasteiger partial charge is 0.488 e. The highest BCUT2D eigenvalue weighted by molar-refractivity contribution is 5.98. The minimum absolute atomic E-state index is 0.0453. The molecule has 2 aromatic rings. The van der Waals surface area contributed by atoms with Crippen LogP contribution in [0.15, 0.2) is 61.1 Å². The Morgan fingerprint density at radius 3 is 2.45 bits per heavy atom. The van der Waals surface area contributed by atoms with E-state index in [-0.39, 0.29) is 22.2 Å². The van der Waals surface area contributed by atoms with Crippen LogP contribution in [0, 0.1) is 0 Å². The number of hydrogen-bond acceptors (Lipinski definition) is 5. The number of alkyl halides is 3. The molecule has 0 spiro atoms. The second-order valence-electron chi connectivity index (χ2n) is 6.81. The third kappa shape index (κ3) is 3.85. The number of carbonyl (C=O) groups excluding carboxylic acids is 1. The van der Waals surface area contributed by atoms with Crippen LogP contribution in [0.3, 0.4) is 0 Å². The van der Waals surface area contributed by atoms with Crippen molar-refractivity contribution in [3.05, 3.63) is 66.7 Å². The van der Waals surface area contributed by atoms with Crippen LogP contribution in [0.4, 0.5) is 24.7 Å². The quantitative estimate of drug-likeness (QED) is 0.760. The van der Waals surface area contributed by atoms with E-state index in [4.69, 9.17) is 4.74 Å². The Hall–Kier alpha value is -3.23. The number of ether oxygens (including phenoxy) is 1. The molecule has 0 saturated carbocycles. The van der Waals surface area contributed by atoms with Gasteiger partial charge in [0.2, 0.25) is 0 Å². The number of halogens is 3. The van der Waals surface area contributed by atoms with Gasteiger partial charge in [-0.15, -0.1) is 13.2 Å².